The van der Waals surface area contributed by atoms with E-state index in [-0.39, 0.29) is 17.6 Å². The zero-order chi connectivity index (χ0) is 12.2. The molecular formula is C13H28N2O. The van der Waals surface area contributed by atoms with Crippen molar-refractivity contribution in [3.05, 3.63) is 0 Å². The third-order valence-corrected chi connectivity index (χ3v) is 4.24. The first-order chi connectivity index (χ1) is 7.43. The molecule has 96 valence electrons. The highest BCUT2D eigenvalue weighted by atomic mass is 16.3. The Balaban J connectivity index is 2.60. The molecule has 1 rings (SSSR count). The summed E-state index contributed by atoms with van der Waals surface area (Å²) in [4.78, 5) is 2.17. The number of hydrogen-bond donors (Lipinski definition) is 2. The maximum atomic E-state index is 9.77. The highest BCUT2D eigenvalue weighted by Gasteiger charge is 2.45. The molecule has 3 heteroatoms. The van der Waals surface area contributed by atoms with E-state index >= 15 is 0 Å². The Morgan fingerprint density at radius 1 is 1.19 bits per heavy atom. The number of nitrogens with zero attached hydrogens (tertiary/aromatic N) is 1. The molecule has 1 saturated carbocycles. The van der Waals surface area contributed by atoms with Gasteiger partial charge in [-0.15, -0.1) is 0 Å². The lowest BCUT2D eigenvalue weighted by atomic mass is 9.63. The van der Waals surface area contributed by atoms with E-state index in [9.17, 15) is 5.11 Å². The van der Waals surface area contributed by atoms with Gasteiger partial charge in [-0.2, -0.15) is 0 Å². The average molecular weight is 228 g/mol. The monoisotopic (exact) mass is 228 g/mol. The Morgan fingerprint density at radius 2 is 1.81 bits per heavy atom. The molecule has 1 unspecified atom stereocenters. The van der Waals surface area contributed by atoms with Gasteiger partial charge in [-0.1, -0.05) is 26.7 Å². The summed E-state index contributed by atoms with van der Waals surface area (Å²) in [6.45, 7) is 6.80. The number of nitrogens with one attached hydrogen (secondary N) is 1. The number of aliphatic hydroxyl groups is 1. The van der Waals surface area contributed by atoms with Gasteiger partial charge in [0, 0.05) is 18.6 Å². The number of hydrogen-bond acceptors (Lipinski definition) is 3. The van der Waals surface area contributed by atoms with E-state index in [1.54, 1.807) is 0 Å². The molecule has 0 aliphatic heterocycles. The van der Waals surface area contributed by atoms with Gasteiger partial charge in [0.2, 0.25) is 0 Å². The second-order valence-electron chi connectivity index (χ2n) is 6.06. The van der Waals surface area contributed by atoms with Gasteiger partial charge in [0.25, 0.3) is 0 Å². The summed E-state index contributed by atoms with van der Waals surface area (Å²) in [7, 11) is 4.17. The molecule has 0 spiro atoms. The van der Waals surface area contributed by atoms with E-state index in [0.29, 0.717) is 0 Å². The van der Waals surface area contributed by atoms with Crippen LogP contribution in [0.1, 0.15) is 39.5 Å². The van der Waals surface area contributed by atoms with E-state index in [1.807, 2.05) is 0 Å². The van der Waals surface area contributed by atoms with Crippen LogP contribution in [0.4, 0.5) is 0 Å². The van der Waals surface area contributed by atoms with Crippen molar-refractivity contribution in [2.24, 2.45) is 5.41 Å². The molecule has 1 aliphatic carbocycles. The molecule has 0 saturated heterocycles. The fourth-order valence-electron chi connectivity index (χ4n) is 2.77. The normalized spacial score (nSPS) is 29.6. The number of likely N-dealkylation sites (N-methyl/N-ethyl adjacent to an activating group) is 1. The van der Waals surface area contributed by atoms with Crippen LogP contribution in [-0.4, -0.2) is 49.3 Å². The third kappa shape index (κ3) is 2.96. The molecule has 1 atom stereocenters. The average Bonchev–Trinajstić information content (AvgIpc) is 2.20. The second-order valence-corrected chi connectivity index (χ2v) is 6.06. The van der Waals surface area contributed by atoms with Crippen molar-refractivity contribution >= 4 is 0 Å². The predicted molar refractivity (Wildman–Crippen MR) is 68.6 cm³/mol. The molecule has 3 nitrogen and oxygen atoms in total. The van der Waals surface area contributed by atoms with E-state index < -0.39 is 0 Å². The smallest absolute Gasteiger partial charge is 0.0618 e. The largest absolute Gasteiger partial charge is 0.394 e. The second kappa shape index (κ2) is 5.48. The van der Waals surface area contributed by atoms with E-state index in [2.05, 4.69) is 38.2 Å². The molecule has 0 aromatic heterocycles. The van der Waals surface area contributed by atoms with Crippen molar-refractivity contribution in [3.8, 4) is 0 Å². The quantitative estimate of drug-likeness (QED) is 0.748. The van der Waals surface area contributed by atoms with Crippen LogP contribution in [0.3, 0.4) is 0 Å². The maximum Gasteiger partial charge on any atom is 0.0618 e. The Labute approximate surface area is 100 Å². The first kappa shape index (κ1) is 13.9. The highest BCUT2D eigenvalue weighted by molar-refractivity contribution is 5.02. The van der Waals surface area contributed by atoms with Crippen LogP contribution in [0.25, 0.3) is 0 Å². The van der Waals surface area contributed by atoms with Crippen LogP contribution in [0.2, 0.25) is 0 Å². The zero-order valence-electron chi connectivity index (χ0n) is 11.3. The summed E-state index contributed by atoms with van der Waals surface area (Å²) in [6.07, 6.45) is 4.84. The first-order valence-electron chi connectivity index (χ1n) is 6.44. The van der Waals surface area contributed by atoms with Gasteiger partial charge in [-0.3, -0.25) is 0 Å². The Kier molecular flexibility index (Phi) is 4.77. The zero-order valence-corrected chi connectivity index (χ0v) is 11.3. The van der Waals surface area contributed by atoms with Crippen molar-refractivity contribution in [2.45, 2.75) is 45.1 Å². The molecule has 0 aromatic carbocycles. The van der Waals surface area contributed by atoms with Crippen LogP contribution in [0, 0.1) is 5.41 Å². The first-order valence-corrected chi connectivity index (χ1v) is 6.44. The molecule has 2 N–H and O–H groups in total. The van der Waals surface area contributed by atoms with E-state index in [0.717, 1.165) is 19.5 Å². The van der Waals surface area contributed by atoms with Crippen LogP contribution < -0.4 is 5.32 Å². The van der Waals surface area contributed by atoms with Gasteiger partial charge in [0.1, 0.15) is 0 Å². The van der Waals surface area contributed by atoms with Crippen LogP contribution in [-0.2, 0) is 0 Å². The van der Waals surface area contributed by atoms with Crippen LogP contribution in [0.5, 0.6) is 0 Å². The SMILES string of the molecule is CN(C)CCNC1(CO)CCCCC1(C)C. The van der Waals surface area contributed by atoms with Crippen molar-refractivity contribution in [3.63, 3.8) is 0 Å². The topological polar surface area (TPSA) is 35.5 Å². The van der Waals surface area contributed by atoms with Crippen molar-refractivity contribution in [2.75, 3.05) is 33.8 Å². The van der Waals surface area contributed by atoms with E-state index in [1.165, 1.54) is 19.3 Å². The molecule has 0 heterocycles. The number of aliphatic hydroxyl groups excluding tert-OH is 1. The summed E-state index contributed by atoms with van der Waals surface area (Å²) < 4.78 is 0. The van der Waals surface area contributed by atoms with Gasteiger partial charge in [0.15, 0.2) is 0 Å². The summed E-state index contributed by atoms with van der Waals surface area (Å²) in [6, 6.07) is 0. The molecule has 1 fully saturated rings. The summed E-state index contributed by atoms with van der Waals surface area (Å²) in [5.41, 5.74) is 0.133. The minimum atomic E-state index is -0.0682. The molecule has 0 aromatic rings. The van der Waals surface area contributed by atoms with Crippen molar-refractivity contribution in [1.82, 2.24) is 10.2 Å². The molecule has 0 radical (unpaired) electrons. The van der Waals surface area contributed by atoms with Gasteiger partial charge in [-0.25, -0.2) is 0 Å². The minimum Gasteiger partial charge on any atom is -0.394 e. The van der Waals surface area contributed by atoms with Crippen molar-refractivity contribution < 1.29 is 5.11 Å². The fraction of sp³-hybridized carbons (Fsp3) is 1.00. The summed E-state index contributed by atoms with van der Waals surface area (Å²) in [5, 5.41) is 13.4. The molecular weight excluding hydrogens is 200 g/mol. The molecule has 0 amide bonds. The minimum absolute atomic E-state index is 0.0682. The Hall–Kier alpha value is -0.120. The van der Waals surface area contributed by atoms with Gasteiger partial charge < -0.3 is 15.3 Å². The summed E-state index contributed by atoms with van der Waals surface area (Å²) >= 11 is 0. The van der Waals surface area contributed by atoms with Crippen LogP contribution in [0.15, 0.2) is 0 Å². The van der Waals surface area contributed by atoms with Gasteiger partial charge in [0.05, 0.1) is 6.61 Å². The lowest BCUT2D eigenvalue weighted by molar-refractivity contribution is 0.0101. The fourth-order valence-corrected chi connectivity index (χ4v) is 2.77. The standard InChI is InChI=1S/C13H28N2O/c1-12(2)7-5-6-8-13(12,11-16)14-9-10-15(3)4/h14,16H,5-11H2,1-4H3. The Morgan fingerprint density at radius 3 is 2.31 bits per heavy atom. The third-order valence-electron chi connectivity index (χ3n) is 4.24. The highest BCUT2D eigenvalue weighted by Crippen LogP contribution is 2.43. The maximum absolute atomic E-state index is 9.77. The lowest BCUT2D eigenvalue weighted by Gasteiger charge is -2.50. The summed E-state index contributed by atoms with van der Waals surface area (Å²) in [5.74, 6) is 0. The van der Waals surface area contributed by atoms with Gasteiger partial charge >= 0.3 is 0 Å². The van der Waals surface area contributed by atoms with Gasteiger partial charge in [-0.05, 0) is 32.4 Å². The predicted octanol–water partition coefficient (Wildman–Crippen LogP) is 1.47. The Bertz CT molecular complexity index is 216. The molecule has 16 heavy (non-hydrogen) atoms. The van der Waals surface area contributed by atoms with E-state index in [4.69, 9.17) is 0 Å². The lowest BCUT2D eigenvalue weighted by Crippen LogP contribution is -2.61. The molecule has 1 aliphatic rings. The van der Waals surface area contributed by atoms with Crippen LogP contribution >= 0.6 is 0 Å². The number of rotatable bonds is 5. The van der Waals surface area contributed by atoms with Crippen molar-refractivity contribution in [1.29, 1.82) is 0 Å². The molecule has 0 bridgehead atoms.